The number of aromatic carboxylic acids is 1. The molecule has 0 aliphatic heterocycles. The summed E-state index contributed by atoms with van der Waals surface area (Å²) in [7, 11) is 0. The van der Waals surface area contributed by atoms with Crippen LogP contribution in [-0.4, -0.2) is 41.2 Å². The van der Waals surface area contributed by atoms with Crippen molar-refractivity contribution in [3.63, 3.8) is 0 Å². The largest absolute Gasteiger partial charge is 0.477 e. The smallest absolute Gasteiger partial charge is 0.348 e. The molecule has 7 nitrogen and oxygen atoms in total. The fourth-order valence-electron chi connectivity index (χ4n) is 6.02. The Bertz CT molecular complexity index is 1030. The molecule has 1 aromatic rings. The Balaban J connectivity index is 1.61. The van der Waals surface area contributed by atoms with Gasteiger partial charge >= 0.3 is 5.97 Å². The van der Waals surface area contributed by atoms with Crippen LogP contribution in [0.25, 0.3) is 5.57 Å². The number of allylic oxidation sites excluding steroid dienone is 2. The van der Waals surface area contributed by atoms with E-state index in [4.69, 9.17) is 5.41 Å². The minimum Gasteiger partial charge on any atom is -0.477 e. The Morgan fingerprint density at radius 2 is 1.81 bits per heavy atom. The summed E-state index contributed by atoms with van der Waals surface area (Å²) >= 11 is 1.31. The molecule has 1 atom stereocenters. The second kappa shape index (κ2) is 12.4. The molecule has 0 aromatic carbocycles. The molecule has 3 N–H and O–H groups in total. The van der Waals surface area contributed by atoms with Gasteiger partial charge in [0, 0.05) is 29.1 Å². The summed E-state index contributed by atoms with van der Waals surface area (Å²) in [6.07, 6.45) is 14.3. The maximum absolute atomic E-state index is 14.1. The van der Waals surface area contributed by atoms with Gasteiger partial charge in [0.15, 0.2) is 0 Å². The van der Waals surface area contributed by atoms with E-state index in [1.54, 1.807) is 6.92 Å². The maximum atomic E-state index is 14.1. The Morgan fingerprint density at radius 3 is 2.41 bits per heavy atom. The molecule has 3 aliphatic rings. The Hall–Kier alpha value is -2.48. The first-order chi connectivity index (χ1) is 17.8. The fourth-order valence-corrected chi connectivity index (χ4v) is 7.08. The van der Waals surface area contributed by atoms with Crippen molar-refractivity contribution < 1.29 is 19.5 Å². The molecule has 37 heavy (non-hydrogen) atoms. The molecule has 1 unspecified atom stereocenters. The van der Waals surface area contributed by atoms with Crippen molar-refractivity contribution in [2.45, 2.75) is 103 Å². The number of thiophene rings is 1. The first-order valence-electron chi connectivity index (χ1n) is 14.0. The molecular formula is C29H41N3O4S. The number of rotatable bonds is 8. The van der Waals surface area contributed by atoms with Gasteiger partial charge in [-0.05, 0) is 102 Å². The first-order valence-corrected chi connectivity index (χ1v) is 14.8. The summed E-state index contributed by atoms with van der Waals surface area (Å²) in [5.41, 5.74) is 1.77. The van der Waals surface area contributed by atoms with E-state index in [-0.39, 0.29) is 34.7 Å². The minimum atomic E-state index is -0.973. The van der Waals surface area contributed by atoms with Crippen LogP contribution in [0.15, 0.2) is 12.1 Å². The Kier molecular flexibility index (Phi) is 9.22. The Morgan fingerprint density at radius 1 is 1.11 bits per heavy atom. The Labute approximate surface area is 224 Å². The molecule has 1 aromatic heterocycles. The van der Waals surface area contributed by atoms with Gasteiger partial charge in [0.05, 0.1) is 11.6 Å². The fraction of sp³-hybridized carbons (Fsp3) is 0.655. The van der Waals surface area contributed by atoms with Gasteiger partial charge in [0.1, 0.15) is 4.88 Å². The number of anilines is 1. The number of carbonyl (C=O) groups excluding carboxylic acids is 2. The molecule has 0 spiro atoms. The zero-order chi connectivity index (χ0) is 26.5. The molecule has 1 heterocycles. The topological polar surface area (TPSA) is 111 Å². The van der Waals surface area contributed by atoms with Gasteiger partial charge in [0.25, 0.3) is 0 Å². The number of nitrogens with one attached hydrogen (secondary N) is 2. The normalized spacial score (nSPS) is 27.0. The van der Waals surface area contributed by atoms with E-state index in [1.807, 2.05) is 11.0 Å². The molecule has 0 saturated heterocycles. The van der Waals surface area contributed by atoms with E-state index < -0.39 is 11.9 Å². The van der Waals surface area contributed by atoms with E-state index in [9.17, 15) is 19.5 Å². The van der Waals surface area contributed by atoms with Gasteiger partial charge in [-0.25, -0.2) is 4.79 Å². The third kappa shape index (κ3) is 6.51. The standard InChI is InChI=1S/C29H41N3O4S/c1-18-8-10-21(11-9-18)28(34)32(23-14-12-22(13-15-23)31-27(33)19(2)17-30)24-16-25(37-26(24)29(35)36)20-6-4-3-5-7-20/h6,16-19,21-23,30H,3-5,7-15H2,1-2H3,(H,31,33)(H,35,36). The molecule has 2 amide bonds. The van der Waals surface area contributed by atoms with E-state index in [2.05, 4.69) is 18.3 Å². The van der Waals surface area contributed by atoms with E-state index >= 15 is 0 Å². The average molecular weight is 528 g/mol. The van der Waals surface area contributed by atoms with Crippen LogP contribution in [0, 0.1) is 23.2 Å². The predicted octanol–water partition coefficient (Wildman–Crippen LogP) is 6.28. The number of amides is 2. The highest BCUT2D eigenvalue weighted by Crippen LogP contribution is 2.42. The quantitative estimate of drug-likeness (QED) is 0.346. The highest BCUT2D eigenvalue weighted by Gasteiger charge is 2.38. The summed E-state index contributed by atoms with van der Waals surface area (Å²) in [4.78, 5) is 41.9. The van der Waals surface area contributed by atoms with Gasteiger partial charge in [-0.3, -0.25) is 9.59 Å². The van der Waals surface area contributed by atoms with Gasteiger partial charge < -0.3 is 20.7 Å². The van der Waals surface area contributed by atoms with Crippen molar-refractivity contribution in [3.8, 4) is 0 Å². The van der Waals surface area contributed by atoms with E-state index in [0.29, 0.717) is 24.4 Å². The molecule has 4 rings (SSSR count). The number of nitrogens with zero attached hydrogens (tertiary/aromatic N) is 1. The highest BCUT2D eigenvalue weighted by atomic mass is 32.1. The van der Waals surface area contributed by atoms with Crippen LogP contribution in [0.4, 0.5) is 5.69 Å². The van der Waals surface area contributed by atoms with Crippen LogP contribution in [-0.2, 0) is 9.59 Å². The molecule has 2 saturated carbocycles. The lowest BCUT2D eigenvalue weighted by Gasteiger charge is -2.39. The lowest BCUT2D eigenvalue weighted by Crippen LogP contribution is -2.49. The molecule has 8 heteroatoms. The monoisotopic (exact) mass is 527 g/mol. The molecule has 3 aliphatic carbocycles. The SMILES string of the molecule is CC1CCC(C(=O)N(c2cc(C3=CCCCC3)sc2C(=O)O)C2CCC(NC(=O)C(C)C=N)CC2)CC1. The number of carboxylic acid groups (broad SMARTS) is 1. The first kappa shape index (κ1) is 27.6. The molecular weight excluding hydrogens is 486 g/mol. The third-order valence-corrected chi connectivity index (χ3v) is 9.64. The third-order valence-electron chi connectivity index (χ3n) is 8.45. The van der Waals surface area contributed by atoms with E-state index in [0.717, 1.165) is 75.3 Å². The average Bonchev–Trinajstić information content (AvgIpc) is 3.35. The predicted molar refractivity (Wildman–Crippen MR) is 148 cm³/mol. The zero-order valence-electron chi connectivity index (χ0n) is 22.1. The van der Waals surface area contributed by atoms with Gasteiger partial charge in [-0.1, -0.05) is 13.0 Å². The van der Waals surface area contributed by atoms with Crippen molar-refractivity contribution in [2.75, 3.05) is 4.90 Å². The number of hydrogen-bond acceptors (Lipinski definition) is 5. The van der Waals surface area contributed by atoms with Crippen LogP contribution in [0.5, 0.6) is 0 Å². The van der Waals surface area contributed by atoms with E-state index in [1.165, 1.54) is 16.9 Å². The summed E-state index contributed by atoms with van der Waals surface area (Å²) in [5, 5.41) is 20.6. The number of carbonyl (C=O) groups is 3. The summed E-state index contributed by atoms with van der Waals surface area (Å²) < 4.78 is 0. The summed E-state index contributed by atoms with van der Waals surface area (Å²) in [6.45, 7) is 3.95. The summed E-state index contributed by atoms with van der Waals surface area (Å²) in [5.74, 6) is -0.943. The van der Waals surface area contributed by atoms with Gasteiger partial charge in [0.2, 0.25) is 11.8 Å². The second-order valence-electron chi connectivity index (χ2n) is 11.2. The molecule has 0 radical (unpaired) electrons. The summed E-state index contributed by atoms with van der Waals surface area (Å²) in [6, 6.07) is 1.90. The van der Waals surface area contributed by atoms with Gasteiger partial charge in [-0.2, -0.15) is 0 Å². The van der Waals surface area contributed by atoms with Crippen molar-refractivity contribution in [1.82, 2.24) is 5.32 Å². The lowest BCUT2D eigenvalue weighted by molar-refractivity contribution is -0.125. The maximum Gasteiger partial charge on any atom is 0.348 e. The molecule has 0 bridgehead atoms. The zero-order valence-corrected chi connectivity index (χ0v) is 22.9. The van der Waals surface area contributed by atoms with Crippen LogP contribution in [0.1, 0.15) is 105 Å². The van der Waals surface area contributed by atoms with Crippen molar-refractivity contribution in [3.05, 3.63) is 21.9 Å². The van der Waals surface area contributed by atoms with Crippen molar-refractivity contribution in [2.24, 2.45) is 17.8 Å². The molecule has 202 valence electrons. The highest BCUT2D eigenvalue weighted by molar-refractivity contribution is 7.15. The molecule has 2 fully saturated rings. The van der Waals surface area contributed by atoms with Crippen LogP contribution in [0.3, 0.4) is 0 Å². The lowest BCUT2D eigenvalue weighted by atomic mass is 9.81. The van der Waals surface area contributed by atoms with Crippen LogP contribution < -0.4 is 10.2 Å². The number of carboxylic acids is 1. The van der Waals surface area contributed by atoms with Crippen molar-refractivity contribution in [1.29, 1.82) is 5.41 Å². The van der Waals surface area contributed by atoms with Crippen LogP contribution in [0.2, 0.25) is 0 Å². The van der Waals surface area contributed by atoms with Gasteiger partial charge in [-0.15, -0.1) is 11.3 Å². The van der Waals surface area contributed by atoms with Crippen molar-refractivity contribution >= 4 is 46.6 Å². The second-order valence-corrected chi connectivity index (χ2v) is 12.3. The minimum absolute atomic E-state index is 0.0167. The van der Waals surface area contributed by atoms with Crippen LogP contribution >= 0.6 is 11.3 Å². The number of hydrogen-bond donors (Lipinski definition) is 3.